The van der Waals surface area contributed by atoms with Crippen LogP contribution in [0.5, 0.6) is 0 Å². The molecule has 1 aromatic carbocycles. The molecule has 0 radical (unpaired) electrons. The van der Waals surface area contributed by atoms with Gasteiger partial charge in [0, 0.05) is 31.0 Å². The van der Waals surface area contributed by atoms with Crippen LogP contribution in [-0.4, -0.2) is 47.9 Å². The number of rotatable bonds is 5. The molecule has 1 heterocycles. The zero-order valence-corrected chi connectivity index (χ0v) is 17.6. The van der Waals surface area contributed by atoms with Crippen LogP contribution in [0.3, 0.4) is 0 Å². The van der Waals surface area contributed by atoms with E-state index in [0.717, 1.165) is 49.2 Å². The molecule has 0 saturated heterocycles. The number of nitrogens with zero attached hydrogens (tertiary/aromatic N) is 2. The van der Waals surface area contributed by atoms with Crippen LogP contribution in [0.4, 0.5) is 11.4 Å². The molecule has 7 heteroatoms. The minimum Gasteiger partial charge on any atom is -0.398 e. The molecule has 1 saturated carbocycles. The van der Waals surface area contributed by atoms with Gasteiger partial charge in [-0.25, -0.2) is 0 Å². The lowest BCUT2D eigenvalue weighted by Crippen LogP contribution is -2.40. The van der Waals surface area contributed by atoms with E-state index in [2.05, 4.69) is 0 Å². The van der Waals surface area contributed by atoms with Crippen molar-refractivity contribution in [3.63, 3.8) is 0 Å². The molecule has 0 atom stereocenters. The average molecular weight is 412 g/mol. The van der Waals surface area contributed by atoms with E-state index in [1.54, 1.807) is 0 Å². The quantitative estimate of drug-likeness (QED) is 0.753. The Hall–Kier alpha value is -1.40. The Bertz CT molecular complexity index is 665. The molecule has 2 N–H and O–H groups in total. The number of anilines is 2. The molecule has 0 unspecified atom stereocenters. The number of fused-ring (bicyclic) bond motifs is 1. The normalized spacial score (nSPS) is 17.0. The van der Waals surface area contributed by atoms with Gasteiger partial charge in [0.05, 0.1) is 11.5 Å². The second-order valence-corrected chi connectivity index (χ2v) is 8.27. The van der Waals surface area contributed by atoms with Crippen molar-refractivity contribution in [2.45, 2.75) is 51.0 Å². The number of halogens is 1. The van der Waals surface area contributed by atoms with Crippen LogP contribution in [0.2, 0.25) is 0 Å². The van der Waals surface area contributed by atoms with Crippen molar-refractivity contribution >= 4 is 47.4 Å². The fourth-order valence-electron chi connectivity index (χ4n) is 3.99. The Morgan fingerprint density at radius 2 is 1.93 bits per heavy atom. The summed E-state index contributed by atoms with van der Waals surface area (Å²) in [6.45, 7) is 0.728. The average Bonchev–Trinajstić information content (AvgIpc) is 2.68. The third-order valence-corrected chi connectivity index (χ3v) is 6.46. The van der Waals surface area contributed by atoms with Crippen molar-refractivity contribution in [1.29, 1.82) is 0 Å². The van der Waals surface area contributed by atoms with Crippen LogP contribution in [0.25, 0.3) is 0 Å². The number of hydrogen-bond acceptors (Lipinski definition) is 4. The lowest BCUT2D eigenvalue weighted by molar-refractivity contribution is -0.129. The Labute approximate surface area is 172 Å². The molecule has 0 bridgehead atoms. The van der Waals surface area contributed by atoms with Crippen molar-refractivity contribution < 1.29 is 9.59 Å². The highest BCUT2D eigenvalue weighted by atomic mass is 35.5. The number of benzene rings is 1. The van der Waals surface area contributed by atoms with Gasteiger partial charge in [0.1, 0.15) is 0 Å². The van der Waals surface area contributed by atoms with E-state index in [1.807, 2.05) is 35.0 Å². The number of thioether (sulfide) groups is 1. The summed E-state index contributed by atoms with van der Waals surface area (Å²) in [7, 11) is 1.91. The van der Waals surface area contributed by atoms with E-state index < -0.39 is 0 Å². The molecular weight excluding hydrogens is 382 g/mol. The number of carbonyl (C=O) groups excluding carboxylic acids is 2. The standard InChI is InChI=1S/C20H29N3O2S.ClH/c1-22(15-7-3-2-4-8-15)19(24)13-26-14-20(25)23-12-6-9-16-17(21)10-5-11-18(16)23;/h5,10-11,15H,2-4,6-9,12-14,21H2,1H3;1H. The summed E-state index contributed by atoms with van der Waals surface area (Å²) in [6.07, 6.45) is 7.78. The molecule has 1 fully saturated rings. The fourth-order valence-corrected chi connectivity index (χ4v) is 4.80. The first kappa shape index (κ1) is 21.9. The summed E-state index contributed by atoms with van der Waals surface area (Å²) < 4.78 is 0. The molecule has 0 aromatic heterocycles. The minimum atomic E-state index is 0. The van der Waals surface area contributed by atoms with E-state index in [4.69, 9.17) is 5.73 Å². The summed E-state index contributed by atoms with van der Waals surface area (Å²) >= 11 is 1.42. The molecule has 1 aliphatic heterocycles. The predicted molar refractivity (Wildman–Crippen MR) is 116 cm³/mol. The van der Waals surface area contributed by atoms with Crippen LogP contribution in [0.1, 0.15) is 44.1 Å². The van der Waals surface area contributed by atoms with Crippen molar-refractivity contribution in [3.05, 3.63) is 23.8 Å². The number of nitrogens with two attached hydrogens (primary N) is 1. The van der Waals surface area contributed by atoms with Crippen LogP contribution in [-0.2, 0) is 16.0 Å². The molecule has 2 aliphatic rings. The van der Waals surface area contributed by atoms with Gasteiger partial charge in [-0.3, -0.25) is 9.59 Å². The topological polar surface area (TPSA) is 66.6 Å². The lowest BCUT2D eigenvalue weighted by Gasteiger charge is -2.31. The third kappa shape index (κ3) is 5.32. The Kier molecular flexibility index (Phi) is 8.29. The maximum atomic E-state index is 12.7. The van der Waals surface area contributed by atoms with Crippen LogP contribution < -0.4 is 10.6 Å². The third-order valence-electron chi connectivity index (χ3n) is 5.55. The minimum absolute atomic E-state index is 0. The molecule has 1 aliphatic carbocycles. The zero-order chi connectivity index (χ0) is 18.5. The zero-order valence-electron chi connectivity index (χ0n) is 16.0. The first-order valence-corrected chi connectivity index (χ1v) is 10.7. The highest BCUT2D eigenvalue weighted by molar-refractivity contribution is 8.00. The monoisotopic (exact) mass is 411 g/mol. The SMILES string of the molecule is CN(C(=O)CSCC(=O)N1CCCc2c(N)cccc21)C1CCCCC1.Cl. The number of nitrogen functional groups attached to an aromatic ring is 1. The summed E-state index contributed by atoms with van der Waals surface area (Å²) in [5, 5.41) is 0. The lowest BCUT2D eigenvalue weighted by atomic mass is 9.94. The molecule has 0 spiro atoms. The van der Waals surface area contributed by atoms with E-state index in [0.29, 0.717) is 17.5 Å². The van der Waals surface area contributed by atoms with E-state index in [9.17, 15) is 9.59 Å². The van der Waals surface area contributed by atoms with Gasteiger partial charge in [0.15, 0.2) is 0 Å². The van der Waals surface area contributed by atoms with Gasteiger partial charge in [-0.15, -0.1) is 24.2 Å². The predicted octanol–water partition coefficient (Wildman–Crippen LogP) is 3.49. The summed E-state index contributed by atoms with van der Waals surface area (Å²) in [5.74, 6) is 0.905. The van der Waals surface area contributed by atoms with Gasteiger partial charge < -0.3 is 15.5 Å². The Morgan fingerprint density at radius 3 is 2.67 bits per heavy atom. The molecular formula is C20H30ClN3O2S. The van der Waals surface area contributed by atoms with Crippen LogP contribution >= 0.6 is 24.2 Å². The summed E-state index contributed by atoms with van der Waals surface area (Å²) in [6, 6.07) is 6.14. The Balaban J connectivity index is 0.00000261. The van der Waals surface area contributed by atoms with Crippen LogP contribution in [0.15, 0.2) is 18.2 Å². The molecule has 5 nitrogen and oxygen atoms in total. The van der Waals surface area contributed by atoms with Crippen molar-refractivity contribution in [2.24, 2.45) is 0 Å². The van der Waals surface area contributed by atoms with E-state index in [-0.39, 0.29) is 24.2 Å². The fraction of sp³-hybridized carbons (Fsp3) is 0.600. The molecule has 2 amide bonds. The first-order chi connectivity index (χ1) is 12.6. The van der Waals surface area contributed by atoms with Crippen molar-refractivity contribution in [2.75, 3.05) is 35.7 Å². The van der Waals surface area contributed by atoms with Gasteiger partial charge in [0.2, 0.25) is 11.8 Å². The van der Waals surface area contributed by atoms with Gasteiger partial charge in [0.25, 0.3) is 0 Å². The summed E-state index contributed by atoms with van der Waals surface area (Å²) in [4.78, 5) is 28.8. The maximum absolute atomic E-state index is 12.7. The van der Waals surface area contributed by atoms with Crippen LogP contribution in [0, 0.1) is 0 Å². The largest absolute Gasteiger partial charge is 0.398 e. The molecule has 150 valence electrons. The van der Waals surface area contributed by atoms with Gasteiger partial charge >= 0.3 is 0 Å². The van der Waals surface area contributed by atoms with Crippen molar-refractivity contribution in [1.82, 2.24) is 4.90 Å². The number of hydrogen-bond donors (Lipinski definition) is 1. The highest BCUT2D eigenvalue weighted by Gasteiger charge is 2.25. The molecule has 27 heavy (non-hydrogen) atoms. The number of carbonyl (C=O) groups is 2. The van der Waals surface area contributed by atoms with Gasteiger partial charge in [-0.05, 0) is 43.4 Å². The second kappa shape index (κ2) is 10.2. The highest BCUT2D eigenvalue weighted by Crippen LogP contribution is 2.31. The van der Waals surface area contributed by atoms with Gasteiger partial charge in [-0.1, -0.05) is 25.3 Å². The summed E-state index contributed by atoms with van der Waals surface area (Å²) in [5.41, 5.74) is 8.83. The first-order valence-electron chi connectivity index (χ1n) is 9.59. The Morgan fingerprint density at radius 1 is 1.19 bits per heavy atom. The van der Waals surface area contributed by atoms with E-state index in [1.165, 1.54) is 31.0 Å². The number of amides is 2. The van der Waals surface area contributed by atoms with Crippen molar-refractivity contribution in [3.8, 4) is 0 Å². The molecule has 1 aromatic rings. The van der Waals surface area contributed by atoms with Gasteiger partial charge in [-0.2, -0.15) is 0 Å². The maximum Gasteiger partial charge on any atom is 0.236 e. The second-order valence-electron chi connectivity index (χ2n) is 7.28. The smallest absolute Gasteiger partial charge is 0.236 e. The van der Waals surface area contributed by atoms with E-state index >= 15 is 0 Å². The molecule has 3 rings (SSSR count).